The number of nitrogens with one attached hydrogen (secondary N) is 1. The summed E-state index contributed by atoms with van der Waals surface area (Å²) in [6.45, 7) is 1.90. The molecule has 0 saturated carbocycles. The van der Waals surface area contributed by atoms with Gasteiger partial charge in [-0.25, -0.2) is 0 Å². The number of rotatable bonds is 4. The summed E-state index contributed by atoms with van der Waals surface area (Å²) in [5, 5.41) is 2.76. The Hall–Kier alpha value is -0.970. The van der Waals surface area contributed by atoms with E-state index < -0.39 is 18.6 Å². The molecule has 0 fully saturated rings. The van der Waals surface area contributed by atoms with E-state index in [1.165, 1.54) is 19.5 Å². The van der Waals surface area contributed by atoms with Gasteiger partial charge >= 0.3 is 6.18 Å². The highest BCUT2D eigenvalue weighted by molar-refractivity contribution is 5.04. The van der Waals surface area contributed by atoms with Crippen molar-refractivity contribution in [2.45, 2.75) is 32.1 Å². The van der Waals surface area contributed by atoms with Crippen LogP contribution in [0.4, 0.5) is 13.2 Å². The summed E-state index contributed by atoms with van der Waals surface area (Å²) in [5.41, 5.74) is 0.846. The average Bonchev–Trinajstić information content (AvgIpc) is 2.49. The molecule has 0 aliphatic rings. The minimum absolute atomic E-state index is 0.397. The highest BCUT2D eigenvalue weighted by atomic mass is 19.4. The Balaban J connectivity index is 2.25. The van der Waals surface area contributed by atoms with Crippen LogP contribution in [0.5, 0.6) is 0 Å². The summed E-state index contributed by atoms with van der Waals surface area (Å²) in [6.07, 6.45) is -1.92. The lowest BCUT2D eigenvalue weighted by Gasteiger charge is -2.14. The number of halogens is 3. The third kappa shape index (κ3) is 4.32. The van der Waals surface area contributed by atoms with E-state index in [1.807, 2.05) is 0 Å². The van der Waals surface area contributed by atoms with Gasteiger partial charge in [-0.3, -0.25) is 0 Å². The summed E-state index contributed by atoms with van der Waals surface area (Å²) in [4.78, 5) is 0. The van der Waals surface area contributed by atoms with Gasteiger partial charge < -0.3 is 9.73 Å². The Morgan fingerprint density at radius 3 is 2.71 bits per heavy atom. The summed E-state index contributed by atoms with van der Waals surface area (Å²) in [7, 11) is 0. The van der Waals surface area contributed by atoms with Crippen LogP contribution in [0.2, 0.25) is 0 Å². The van der Waals surface area contributed by atoms with E-state index in [9.17, 15) is 13.2 Å². The van der Waals surface area contributed by atoms with E-state index >= 15 is 0 Å². The van der Waals surface area contributed by atoms with Crippen LogP contribution in [0.25, 0.3) is 0 Å². The Kier molecular flexibility index (Phi) is 3.57. The van der Waals surface area contributed by atoms with Crippen molar-refractivity contribution < 1.29 is 17.6 Å². The van der Waals surface area contributed by atoms with Crippen LogP contribution in [0.15, 0.2) is 23.0 Å². The largest absolute Gasteiger partial charge is 0.472 e. The van der Waals surface area contributed by atoms with Crippen LogP contribution in [-0.4, -0.2) is 12.2 Å². The van der Waals surface area contributed by atoms with Gasteiger partial charge in [0, 0.05) is 18.2 Å². The molecule has 0 saturated heterocycles. The van der Waals surface area contributed by atoms with Crippen LogP contribution in [0.3, 0.4) is 0 Å². The molecule has 1 aromatic heterocycles. The highest BCUT2D eigenvalue weighted by Gasteiger charge is 2.29. The van der Waals surface area contributed by atoms with Crippen molar-refractivity contribution in [3.63, 3.8) is 0 Å². The molecular formula is C9H12F3NO. The van der Waals surface area contributed by atoms with E-state index in [0.717, 1.165) is 5.56 Å². The summed E-state index contributed by atoms with van der Waals surface area (Å²) < 4.78 is 40.5. The molecule has 80 valence electrons. The van der Waals surface area contributed by atoms with Crippen molar-refractivity contribution in [3.05, 3.63) is 24.2 Å². The number of furan rings is 1. The quantitative estimate of drug-likeness (QED) is 0.821. The summed E-state index contributed by atoms with van der Waals surface area (Å²) in [5.74, 6) is 0. The van der Waals surface area contributed by atoms with Crippen LogP contribution >= 0.6 is 0 Å². The predicted molar refractivity (Wildman–Crippen MR) is 45.7 cm³/mol. The molecule has 14 heavy (non-hydrogen) atoms. The Labute approximate surface area is 80.1 Å². The molecule has 1 rings (SSSR count). The molecule has 0 bridgehead atoms. The van der Waals surface area contributed by atoms with E-state index in [1.54, 1.807) is 6.07 Å². The normalized spacial score (nSPS) is 14.3. The second kappa shape index (κ2) is 4.50. The van der Waals surface area contributed by atoms with Gasteiger partial charge in [-0.15, -0.1) is 0 Å². The third-order valence-corrected chi connectivity index (χ3v) is 1.77. The first-order valence-electron chi connectivity index (χ1n) is 4.28. The van der Waals surface area contributed by atoms with Gasteiger partial charge in [-0.05, 0) is 13.0 Å². The van der Waals surface area contributed by atoms with Gasteiger partial charge in [-0.2, -0.15) is 13.2 Å². The van der Waals surface area contributed by atoms with Crippen molar-refractivity contribution in [1.82, 2.24) is 5.32 Å². The summed E-state index contributed by atoms with van der Waals surface area (Å²) >= 11 is 0. The maximum absolute atomic E-state index is 11.9. The van der Waals surface area contributed by atoms with E-state index in [4.69, 9.17) is 4.42 Å². The fourth-order valence-corrected chi connectivity index (χ4v) is 1.10. The zero-order valence-electron chi connectivity index (χ0n) is 7.77. The molecule has 1 heterocycles. The van der Waals surface area contributed by atoms with Gasteiger partial charge in [0.15, 0.2) is 0 Å². The molecule has 1 aromatic rings. The monoisotopic (exact) mass is 207 g/mol. The minimum atomic E-state index is -4.11. The molecule has 0 aliphatic carbocycles. The van der Waals surface area contributed by atoms with Gasteiger partial charge in [-0.1, -0.05) is 0 Å². The molecule has 2 nitrogen and oxygen atoms in total. The van der Waals surface area contributed by atoms with E-state index in [-0.39, 0.29) is 0 Å². The smallest absolute Gasteiger partial charge is 0.390 e. The van der Waals surface area contributed by atoms with Crippen molar-refractivity contribution in [2.24, 2.45) is 0 Å². The first kappa shape index (κ1) is 11.1. The third-order valence-electron chi connectivity index (χ3n) is 1.77. The topological polar surface area (TPSA) is 25.2 Å². The van der Waals surface area contributed by atoms with Crippen molar-refractivity contribution in [2.75, 3.05) is 0 Å². The van der Waals surface area contributed by atoms with Crippen LogP contribution in [0, 0.1) is 0 Å². The lowest BCUT2D eigenvalue weighted by Crippen LogP contribution is -2.30. The minimum Gasteiger partial charge on any atom is -0.472 e. The fraction of sp³-hybridized carbons (Fsp3) is 0.556. The Morgan fingerprint density at radius 2 is 2.21 bits per heavy atom. The molecule has 0 aromatic carbocycles. The average molecular weight is 207 g/mol. The predicted octanol–water partition coefficient (Wildman–Crippen LogP) is 2.71. The molecule has 0 spiro atoms. The molecule has 1 unspecified atom stereocenters. The molecule has 0 amide bonds. The van der Waals surface area contributed by atoms with E-state index in [2.05, 4.69) is 5.32 Å². The van der Waals surface area contributed by atoms with Crippen LogP contribution < -0.4 is 5.32 Å². The van der Waals surface area contributed by atoms with Crippen LogP contribution in [0.1, 0.15) is 18.9 Å². The second-order valence-corrected chi connectivity index (χ2v) is 3.23. The molecule has 5 heteroatoms. The molecule has 0 aliphatic heterocycles. The highest BCUT2D eigenvalue weighted by Crippen LogP contribution is 2.21. The fourth-order valence-electron chi connectivity index (χ4n) is 1.10. The zero-order chi connectivity index (χ0) is 10.6. The standard InChI is InChI=1S/C9H12F3NO/c1-7(4-9(10,11)12)13-5-8-2-3-14-6-8/h2-3,6-7,13H,4-5H2,1H3. The first-order valence-corrected chi connectivity index (χ1v) is 4.28. The lowest BCUT2D eigenvalue weighted by molar-refractivity contribution is -0.139. The number of hydrogen-bond acceptors (Lipinski definition) is 2. The number of hydrogen-bond donors (Lipinski definition) is 1. The second-order valence-electron chi connectivity index (χ2n) is 3.23. The Bertz CT molecular complexity index is 256. The van der Waals surface area contributed by atoms with Gasteiger partial charge in [0.05, 0.1) is 18.9 Å². The Morgan fingerprint density at radius 1 is 1.50 bits per heavy atom. The van der Waals surface area contributed by atoms with E-state index in [0.29, 0.717) is 6.54 Å². The number of alkyl halides is 3. The maximum atomic E-state index is 11.9. The molecular weight excluding hydrogens is 195 g/mol. The summed E-state index contributed by atoms with van der Waals surface area (Å²) in [6, 6.07) is 1.14. The van der Waals surface area contributed by atoms with Gasteiger partial charge in [0.25, 0.3) is 0 Å². The zero-order valence-corrected chi connectivity index (χ0v) is 7.77. The van der Waals surface area contributed by atoms with Crippen LogP contribution in [-0.2, 0) is 6.54 Å². The van der Waals surface area contributed by atoms with Crippen molar-refractivity contribution >= 4 is 0 Å². The lowest BCUT2D eigenvalue weighted by atomic mass is 10.2. The van der Waals surface area contributed by atoms with Crippen molar-refractivity contribution in [3.8, 4) is 0 Å². The first-order chi connectivity index (χ1) is 6.47. The van der Waals surface area contributed by atoms with Gasteiger partial charge in [0.1, 0.15) is 0 Å². The molecule has 1 N–H and O–H groups in total. The maximum Gasteiger partial charge on any atom is 0.390 e. The molecule has 1 atom stereocenters. The van der Waals surface area contributed by atoms with Gasteiger partial charge in [0.2, 0.25) is 0 Å². The molecule has 0 radical (unpaired) electrons. The van der Waals surface area contributed by atoms with Crippen molar-refractivity contribution in [1.29, 1.82) is 0 Å². The SMILES string of the molecule is CC(CC(F)(F)F)NCc1ccoc1.